The number of hydrogen-bond donors (Lipinski definition) is 0. The monoisotopic (exact) mass is 214 g/mol. The Kier molecular flexibility index (Phi) is 5.69. The van der Waals surface area contributed by atoms with Gasteiger partial charge in [0, 0.05) is 13.0 Å². The van der Waals surface area contributed by atoms with Gasteiger partial charge in [0.1, 0.15) is 0 Å². The van der Waals surface area contributed by atoms with Crippen molar-refractivity contribution in [3.8, 4) is 0 Å². The van der Waals surface area contributed by atoms with Crippen LogP contribution in [-0.4, -0.2) is 25.3 Å². The molecule has 0 amide bonds. The normalized spacial score (nSPS) is 26.3. The summed E-state index contributed by atoms with van der Waals surface area (Å²) in [7, 11) is 0. The molecule has 3 heteroatoms. The van der Waals surface area contributed by atoms with E-state index in [0.29, 0.717) is 25.0 Å². The molecule has 1 unspecified atom stereocenters. The average Bonchev–Trinajstić information content (AvgIpc) is 2.19. The van der Waals surface area contributed by atoms with E-state index in [1.807, 2.05) is 6.92 Å². The minimum absolute atomic E-state index is 0.0559. The summed E-state index contributed by atoms with van der Waals surface area (Å²) in [5.41, 5.74) is 0. The summed E-state index contributed by atoms with van der Waals surface area (Å²) in [5, 5.41) is 0. The molecule has 1 fully saturated rings. The fourth-order valence-corrected chi connectivity index (χ4v) is 2.12. The molecule has 1 heterocycles. The summed E-state index contributed by atoms with van der Waals surface area (Å²) in [6, 6.07) is 0. The van der Waals surface area contributed by atoms with E-state index in [9.17, 15) is 4.79 Å². The third kappa shape index (κ3) is 4.65. The van der Waals surface area contributed by atoms with Gasteiger partial charge in [-0.2, -0.15) is 0 Å². The maximum Gasteiger partial charge on any atom is 0.306 e. The number of carbonyl (C=O) groups is 1. The van der Waals surface area contributed by atoms with Crippen molar-refractivity contribution in [2.24, 2.45) is 5.92 Å². The molecule has 0 saturated carbocycles. The molecule has 1 aliphatic heterocycles. The minimum Gasteiger partial charge on any atom is -0.466 e. The van der Waals surface area contributed by atoms with Crippen molar-refractivity contribution in [3.63, 3.8) is 0 Å². The summed E-state index contributed by atoms with van der Waals surface area (Å²) >= 11 is 0. The second kappa shape index (κ2) is 6.83. The van der Waals surface area contributed by atoms with E-state index in [1.54, 1.807) is 0 Å². The molecule has 2 atom stereocenters. The first-order chi connectivity index (χ1) is 7.26. The predicted molar refractivity (Wildman–Crippen MR) is 58.6 cm³/mol. The van der Waals surface area contributed by atoms with Gasteiger partial charge in [-0.3, -0.25) is 4.79 Å². The van der Waals surface area contributed by atoms with Crippen LogP contribution in [0.3, 0.4) is 0 Å². The van der Waals surface area contributed by atoms with E-state index in [0.717, 1.165) is 32.3 Å². The van der Waals surface area contributed by atoms with Gasteiger partial charge in [-0.05, 0) is 32.1 Å². The number of rotatable bonds is 5. The quantitative estimate of drug-likeness (QED) is 0.660. The van der Waals surface area contributed by atoms with Gasteiger partial charge in [0.05, 0.1) is 12.7 Å². The molecule has 15 heavy (non-hydrogen) atoms. The highest BCUT2D eigenvalue weighted by molar-refractivity contribution is 5.69. The molecular weight excluding hydrogens is 192 g/mol. The molecule has 0 spiro atoms. The van der Waals surface area contributed by atoms with Crippen LogP contribution >= 0.6 is 0 Å². The van der Waals surface area contributed by atoms with E-state index >= 15 is 0 Å². The fourth-order valence-electron chi connectivity index (χ4n) is 2.12. The van der Waals surface area contributed by atoms with Gasteiger partial charge in [-0.1, -0.05) is 13.3 Å². The number of carbonyl (C=O) groups excluding carboxylic acids is 1. The summed E-state index contributed by atoms with van der Waals surface area (Å²) in [6.45, 7) is 5.30. The average molecular weight is 214 g/mol. The standard InChI is InChI=1S/C12H22O3/c1-3-5-11-8-10(6-7-15-11)9-12(13)14-4-2/h10-11H,3-9H2,1-2H3/t10-,11?/m1/s1. The molecule has 0 aromatic rings. The molecule has 1 rings (SSSR count). The van der Waals surface area contributed by atoms with E-state index in [-0.39, 0.29) is 5.97 Å². The first kappa shape index (κ1) is 12.5. The van der Waals surface area contributed by atoms with E-state index < -0.39 is 0 Å². The van der Waals surface area contributed by atoms with Crippen LogP contribution < -0.4 is 0 Å². The smallest absolute Gasteiger partial charge is 0.306 e. The Hall–Kier alpha value is -0.570. The zero-order valence-corrected chi connectivity index (χ0v) is 9.83. The van der Waals surface area contributed by atoms with Crippen LogP contribution in [-0.2, 0) is 14.3 Å². The number of ether oxygens (including phenoxy) is 2. The molecule has 0 aliphatic carbocycles. The highest BCUT2D eigenvalue weighted by Crippen LogP contribution is 2.25. The largest absolute Gasteiger partial charge is 0.466 e. The van der Waals surface area contributed by atoms with Crippen LogP contribution in [0.2, 0.25) is 0 Å². The second-order valence-electron chi connectivity index (χ2n) is 4.18. The van der Waals surface area contributed by atoms with Crippen LogP contribution in [0.5, 0.6) is 0 Å². The highest BCUT2D eigenvalue weighted by atomic mass is 16.5. The Labute approximate surface area is 92.1 Å². The zero-order valence-electron chi connectivity index (χ0n) is 9.83. The van der Waals surface area contributed by atoms with Gasteiger partial charge >= 0.3 is 5.97 Å². The second-order valence-corrected chi connectivity index (χ2v) is 4.18. The molecule has 3 nitrogen and oxygen atoms in total. The summed E-state index contributed by atoms with van der Waals surface area (Å²) in [6.07, 6.45) is 5.21. The molecule has 0 aromatic heterocycles. The molecular formula is C12H22O3. The van der Waals surface area contributed by atoms with Crippen LogP contribution in [0.4, 0.5) is 0 Å². The topological polar surface area (TPSA) is 35.5 Å². The van der Waals surface area contributed by atoms with Gasteiger partial charge in [-0.15, -0.1) is 0 Å². The van der Waals surface area contributed by atoms with E-state index in [2.05, 4.69) is 6.92 Å². The van der Waals surface area contributed by atoms with Crippen molar-refractivity contribution < 1.29 is 14.3 Å². The summed E-state index contributed by atoms with van der Waals surface area (Å²) in [5.74, 6) is 0.411. The maximum atomic E-state index is 11.3. The highest BCUT2D eigenvalue weighted by Gasteiger charge is 2.24. The van der Waals surface area contributed by atoms with Gasteiger partial charge < -0.3 is 9.47 Å². The summed E-state index contributed by atoms with van der Waals surface area (Å²) in [4.78, 5) is 11.3. The van der Waals surface area contributed by atoms with Crippen molar-refractivity contribution in [3.05, 3.63) is 0 Å². The van der Waals surface area contributed by atoms with Gasteiger partial charge in [-0.25, -0.2) is 0 Å². The Morgan fingerprint density at radius 1 is 1.47 bits per heavy atom. The van der Waals surface area contributed by atoms with Crippen molar-refractivity contribution in [1.82, 2.24) is 0 Å². The maximum absolute atomic E-state index is 11.3. The van der Waals surface area contributed by atoms with Crippen molar-refractivity contribution >= 4 is 5.97 Å². The third-order valence-electron chi connectivity index (χ3n) is 2.85. The lowest BCUT2D eigenvalue weighted by Crippen LogP contribution is -2.27. The van der Waals surface area contributed by atoms with Crippen molar-refractivity contribution in [2.75, 3.05) is 13.2 Å². The molecule has 88 valence electrons. The molecule has 1 aliphatic rings. The van der Waals surface area contributed by atoms with E-state index in [4.69, 9.17) is 9.47 Å². The SMILES string of the molecule is CCCC1C[C@H](CC(=O)OCC)CCO1. The van der Waals surface area contributed by atoms with E-state index in [1.165, 1.54) is 0 Å². The molecule has 0 N–H and O–H groups in total. The Morgan fingerprint density at radius 2 is 2.27 bits per heavy atom. The van der Waals surface area contributed by atoms with Gasteiger partial charge in [0.2, 0.25) is 0 Å². The van der Waals surface area contributed by atoms with Crippen molar-refractivity contribution in [1.29, 1.82) is 0 Å². The Morgan fingerprint density at radius 3 is 2.93 bits per heavy atom. The Bertz CT molecular complexity index is 189. The van der Waals surface area contributed by atoms with Crippen LogP contribution in [0.15, 0.2) is 0 Å². The molecule has 1 saturated heterocycles. The Balaban J connectivity index is 2.26. The molecule has 0 bridgehead atoms. The number of hydrogen-bond acceptors (Lipinski definition) is 3. The summed E-state index contributed by atoms with van der Waals surface area (Å²) < 4.78 is 10.6. The fraction of sp³-hybridized carbons (Fsp3) is 0.917. The lowest BCUT2D eigenvalue weighted by molar-refractivity contribution is -0.145. The third-order valence-corrected chi connectivity index (χ3v) is 2.85. The van der Waals surface area contributed by atoms with Gasteiger partial charge in [0.25, 0.3) is 0 Å². The predicted octanol–water partition coefficient (Wildman–Crippen LogP) is 2.53. The van der Waals surface area contributed by atoms with Crippen LogP contribution in [0.1, 0.15) is 46.0 Å². The van der Waals surface area contributed by atoms with Gasteiger partial charge in [0.15, 0.2) is 0 Å². The lowest BCUT2D eigenvalue weighted by atomic mass is 9.91. The lowest BCUT2D eigenvalue weighted by Gasteiger charge is -2.28. The van der Waals surface area contributed by atoms with Crippen LogP contribution in [0.25, 0.3) is 0 Å². The van der Waals surface area contributed by atoms with Crippen LogP contribution in [0, 0.1) is 5.92 Å². The first-order valence-electron chi connectivity index (χ1n) is 6.03. The minimum atomic E-state index is -0.0559. The molecule has 0 aromatic carbocycles. The number of esters is 1. The first-order valence-corrected chi connectivity index (χ1v) is 6.03. The molecule has 0 radical (unpaired) electrons. The van der Waals surface area contributed by atoms with Crippen molar-refractivity contribution in [2.45, 2.75) is 52.1 Å². The zero-order chi connectivity index (χ0) is 11.1.